The number of rotatable bonds is 0. The number of thiol groups is 2. The van der Waals surface area contributed by atoms with Gasteiger partial charge in [0.2, 0.25) is 0 Å². The van der Waals surface area contributed by atoms with Gasteiger partial charge in [-0.15, -0.1) is 0 Å². The maximum atomic E-state index is 10.0. The van der Waals surface area contributed by atoms with Crippen molar-refractivity contribution in [3.05, 3.63) is 0 Å². The van der Waals surface area contributed by atoms with Crippen molar-refractivity contribution < 1.29 is 29.5 Å². The summed E-state index contributed by atoms with van der Waals surface area (Å²) in [5.74, 6) is 0. The molecule has 0 atom stereocenters. The zero-order chi connectivity index (χ0) is 5.86. The average molecular weight is 321 g/mol. The van der Waals surface area contributed by atoms with Gasteiger partial charge in [0.1, 0.15) is 0 Å². The minimum atomic E-state index is -0.616. The quantitative estimate of drug-likeness (QED) is 0.505. The van der Waals surface area contributed by atoms with Gasteiger partial charge < -0.3 is 0 Å². The summed E-state index contributed by atoms with van der Waals surface area (Å²) in [7, 11) is 0. The first kappa shape index (κ1) is 7.71. The van der Waals surface area contributed by atoms with Crippen molar-refractivity contribution in [1.29, 1.82) is 0 Å². The minimum absolute atomic E-state index is 0.616. The van der Waals surface area contributed by atoms with Gasteiger partial charge in [-0.1, -0.05) is 0 Å². The Morgan fingerprint density at radius 1 is 1.71 bits per heavy atom. The van der Waals surface area contributed by atoms with E-state index in [0.717, 1.165) is 3.71 Å². The van der Waals surface area contributed by atoms with Crippen LogP contribution in [0.5, 0.6) is 0 Å². The predicted molar refractivity (Wildman–Crippen MR) is 26.3 cm³/mol. The van der Waals surface area contributed by atoms with Crippen LogP contribution in [-0.2, 0) is 24.7 Å². The third kappa shape index (κ3) is 3.31. The van der Waals surface area contributed by atoms with Crippen molar-refractivity contribution >= 4 is 31.7 Å². The van der Waals surface area contributed by atoms with Gasteiger partial charge in [-0.3, -0.25) is 0 Å². The predicted octanol–water partition coefficient (Wildman–Crippen LogP) is 0.576. The molecule has 46 valence electrons. The number of nitrogens with zero attached hydrogens (tertiary/aromatic N) is 1. The summed E-state index contributed by atoms with van der Waals surface area (Å²) in [5.41, 5.74) is 0. The monoisotopic (exact) mass is 321 g/mol. The zero-order valence-electron chi connectivity index (χ0n) is 2.96. The van der Waals surface area contributed by atoms with Crippen LogP contribution in [0.25, 0.3) is 0 Å². The molecule has 0 bridgehead atoms. The molecule has 0 aliphatic rings. The Balaban J connectivity index is 3.35. The van der Waals surface area contributed by atoms with E-state index in [1.807, 2.05) is 0 Å². The van der Waals surface area contributed by atoms with Gasteiger partial charge in [-0.25, -0.2) is 0 Å². The Morgan fingerprint density at radius 3 is 2.14 bits per heavy atom. The van der Waals surface area contributed by atoms with Gasteiger partial charge in [0.05, 0.1) is 0 Å². The molecule has 0 aliphatic carbocycles. The van der Waals surface area contributed by atoms with Crippen LogP contribution in [0.4, 0.5) is 4.79 Å². The molecule has 0 aromatic heterocycles. The first-order chi connectivity index (χ1) is 3.18. The van der Waals surface area contributed by atoms with Gasteiger partial charge in [0, 0.05) is 0 Å². The van der Waals surface area contributed by atoms with E-state index >= 15 is 0 Å². The average Bonchev–Trinajstić information content (AvgIpc) is 1.65. The van der Waals surface area contributed by atoms with Crippen LogP contribution in [0.2, 0.25) is 0 Å². The Hall–Kier alpha value is 0.710. The SMILES string of the molecule is O=C([O][Au])N(S)S. The fourth-order valence-electron chi connectivity index (χ4n) is 0.0246. The second-order valence-corrected chi connectivity index (χ2v) is 2.17. The van der Waals surface area contributed by atoms with E-state index in [0.29, 0.717) is 0 Å². The molecule has 3 nitrogen and oxygen atoms in total. The molecule has 0 N–H and O–H groups in total. The molecule has 0 saturated carbocycles. The molecule has 0 heterocycles. The summed E-state index contributed by atoms with van der Waals surface area (Å²) >= 11 is 8.57. The van der Waals surface area contributed by atoms with E-state index in [2.05, 4.69) is 28.9 Å². The molecule has 0 aromatic rings. The molecule has 0 fully saturated rings. The van der Waals surface area contributed by atoms with E-state index in [1.54, 1.807) is 21.5 Å². The van der Waals surface area contributed by atoms with E-state index < -0.39 is 6.09 Å². The maximum absolute atomic E-state index is 10.0. The van der Waals surface area contributed by atoms with E-state index in [9.17, 15) is 4.79 Å². The van der Waals surface area contributed by atoms with Crippen molar-refractivity contribution in [2.24, 2.45) is 0 Å². The van der Waals surface area contributed by atoms with Crippen molar-refractivity contribution in [3.8, 4) is 0 Å². The van der Waals surface area contributed by atoms with Crippen molar-refractivity contribution in [3.63, 3.8) is 0 Å². The molecular weight excluding hydrogens is 319 g/mol. The fourth-order valence-corrected chi connectivity index (χ4v) is 0.605. The Labute approximate surface area is 64.9 Å². The van der Waals surface area contributed by atoms with Crippen LogP contribution in [0, 0.1) is 0 Å². The van der Waals surface area contributed by atoms with Gasteiger partial charge in [0.25, 0.3) is 0 Å². The first-order valence-electron chi connectivity index (χ1n) is 1.15. The topological polar surface area (TPSA) is 29.5 Å². The van der Waals surface area contributed by atoms with E-state index in [1.165, 1.54) is 0 Å². The Morgan fingerprint density at radius 2 is 2.14 bits per heavy atom. The van der Waals surface area contributed by atoms with Crippen LogP contribution < -0.4 is 0 Å². The van der Waals surface area contributed by atoms with Gasteiger partial charge in [-0.2, -0.15) is 0 Å². The fraction of sp³-hybridized carbons (Fsp3) is 0. The third-order valence-corrected chi connectivity index (χ3v) is 0.921. The van der Waals surface area contributed by atoms with Crippen LogP contribution in [-0.4, -0.2) is 9.80 Å². The van der Waals surface area contributed by atoms with Crippen LogP contribution in [0.1, 0.15) is 0 Å². The number of hydrogen-bond acceptors (Lipinski definition) is 4. The zero-order valence-corrected chi connectivity index (χ0v) is 6.91. The first-order valence-corrected chi connectivity index (χ1v) is 2.84. The molecule has 0 saturated heterocycles. The van der Waals surface area contributed by atoms with Gasteiger partial charge in [0.15, 0.2) is 0 Å². The molecule has 0 rings (SSSR count). The summed E-state index contributed by atoms with van der Waals surface area (Å²) in [5, 5.41) is 0. The van der Waals surface area contributed by atoms with Crippen molar-refractivity contribution in [1.82, 2.24) is 3.71 Å². The number of hydrogen-bond donors (Lipinski definition) is 2. The summed E-state index contributed by atoms with van der Waals surface area (Å²) in [4.78, 5) is 10.0. The summed E-state index contributed by atoms with van der Waals surface area (Å²) in [6.45, 7) is 0. The number of carbonyl (C=O) groups is 1. The molecule has 0 aromatic carbocycles. The molecule has 0 radical (unpaired) electrons. The van der Waals surface area contributed by atoms with Gasteiger partial charge >= 0.3 is 64.9 Å². The molecular formula is CH2AuNO2S2. The Bertz CT molecular complexity index is 76.1. The van der Waals surface area contributed by atoms with Crippen LogP contribution >= 0.6 is 25.6 Å². The normalized spacial score (nSPS) is 8.00. The number of carbonyl (C=O) groups excluding carboxylic acids is 1. The van der Waals surface area contributed by atoms with Crippen molar-refractivity contribution in [2.45, 2.75) is 0 Å². The van der Waals surface area contributed by atoms with Crippen LogP contribution in [0.15, 0.2) is 0 Å². The molecule has 6 heteroatoms. The molecule has 0 spiro atoms. The summed E-state index contributed by atoms with van der Waals surface area (Å²) in [6.07, 6.45) is -0.616. The van der Waals surface area contributed by atoms with E-state index in [-0.39, 0.29) is 0 Å². The van der Waals surface area contributed by atoms with Crippen molar-refractivity contribution in [2.75, 3.05) is 0 Å². The Kier molecular flexibility index (Phi) is 4.05. The summed E-state index contributed by atoms with van der Waals surface area (Å²) in [6, 6.07) is 0. The molecule has 0 aliphatic heterocycles. The second kappa shape index (κ2) is 3.68. The molecule has 7 heavy (non-hydrogen) atoms. The van der Waals surface area contributed by atoms with E-state index in [4.69, 9.17) is 0 Å². The van der Waals surface area contributed by atoms with Gasteiger partial charge in [-0.05, 0) is 0 Å². The summed E-state index contributed by atoms with van der Waals surface area (Å²) < 4.78 is 4.83. The molecule has 1 amide bonds. The third-order valence-electron chi connectivity index (χ3n) is 0.216. The van der Waals surface area contributed by atoms with Crippen LogP contribution in [0.3, 0.4) is 0 Å². The second-order valence-electron chi connectivity index (χ2n) is 0.617. The number of amides is 1. The standard InChI is InChI=1S/CH3NO2S2.Au/c3-1(4)2(5)6;/h5-6H,(H,3,4);/q;+1/p-1. The molecule has 0 unspecified atom stereocenters.